The minimum atomic E-state index is -4.96. The van der Waals surface area contributed by atoms with E-state index in [0.29, 0.717) is 18.6 Å². The molecule has 0 saturated heterocycles. The molecule has 0 aliphatic heterocycles. The summed E-state index contributed by atoms with van der Waals surface area (Å²) in [6.45, 7) is 1.65. The minimum Gasteiger partial charge on any atom is -0.872 e. The maximum atomic E-state index is 12.1. The van der Waals surface area contributed by atoms with Crippen molar-refractivity contribution < 1.29 is 71.3 Å². The number of ketones is 3. The third kappa shape index (κ3) is 4.28. The molecule has 11 heteroatoms. The molecule has 0 bridgehead atoms. The van der Waals surface area contributed by atoms with Crippen LogP contribution in [0.25, 0.3) is 5.76 Å². The first-order chi connectivity index (χ1) is 11.1. The number of hydrogen-bond acceptors (Lipinski definition) is 8. The molecular formula is C14H11NaO9S. The maximum absolute atomic E-state index is 12.1. The van der Waals surface area contributed by atoms with Crippen LogP contribution in [0.3, 0.4) is 0 Å². The van der Waals surface area contributed by atoms with Crippen LogP contribution in [0.5, 0.6) is 11.5 Å². The first-order valence-electron chi connectivity index (χ1n) is 6.64. The number of allylic oxidation sites excluding steroid dienone is 1. The van der Waals surface area contributed by atoms with Gasteiger partial charge in [0.25, 0.3) is 0 Å². The summed E-state index contributed by atoms with van der Waals surface area (Å²) in [5, 5.41) is 22.1. The van der Waals surface area contributed by atoms with Crippen LogP contribution in [-0.4, -0.2) is 35.4 Å². The van der Waals surface area contributed by atoms with Crippen molar-refractivity contribution in [1.82, 2.24) is 0 Å². The SMILES string of the molecule is CCCC(=O)C1=C(O)c2c([O-])cc(OS(=O)(=O)O)cc2C(=O)C1=O.[Na+]. The topological polar surface area (TPSA) is 158 Å². The second kappa shape index (κ2) is 7.67. The van der Waals surface area contributed by atoms with Crippen molar-refractivity contribution in [3.05, 3.63) is 28.8 Å². The molecule has 2 N–H and O–H groups in total. The van der Waals surface area contributed by atoms with Crippen LogP contribution in [0.2, 0.25) is 0 Å². The van der Waals surface area contributed by atoms with Crippen LogP contribution < -0.4 is 38.8 Å². The van der Waals surface area contributed by atoms with Gasteiger partial charge in [-0.1, -0.05) is 12.7 Å². The van der Waals surface area contributed by atoms with Crippen molar-refractivity contribution in [1.29, 1.82) is 0 Å². The molecule has 1 aromatic carbocycles. The van der Waals surface area contributed by atoms with Crippen molar-refractivity contribution >= 4 is 33.5 Å². The van der Waals surface area contributed by atoms with E-state index in [2.05, 4.69) is 4.18 Å². The molecule has 1 aliphatic carbocycles. The normalized spacial score (nSPS) is 14.0. The van der Waals surface area contributed by atoms with Gasteiger partial charge in [0, 0.05) is 17.5 Å². The van der Waals surface area contributed by atoms with Gasteiger partial charge in [0.15, 0.2) is 5.78 Å². The Labute approximate surface area is 164 Å². The average Bonchev–Trinajstić information content (AvgIpc) is 2.42. The molecule has 0 amide bonds. The molecule has 0 heterocycles. The summed E-state index contributed by atoms with van der Waals surface area (Å²) in [5.41, 5.74) is -1.98. The van der Waals surface area contributed by atoms with E-state index < -0.39 is 61.7 Å². The Bertz CT molecular complexity index is 899. The fraction of sp³-hybridized carbons (Fsp3) is 0.214. The first kappa shape index (κ1) is 21.3. The van der Waals surface area contributed by atoms with E-state index in [0.717, 1.165) is 0 Å². The second-order valence-corrected chi connectivity index (χ2v) is 5.93. The summed E-state index contributed by atoms with van der Waals surface area (Å²) in [5.74, 6) is -6.04. The molecule has 1 aromatic rings. The fourth-order valence-electron chi connectivity index (χ4n) is 2.26. The second-order valence-electron chi connectivity index (χ2n) is 4.91. The van der Waals surface area contributed by atoms with Crippen molar-refractivity contribution in [2.75, 3.05) is 0 Å². The maximum Gasteiger partial charge on any atom is 1.00 e. The number of fused-ring (bicyclic) bond motifs is 1. The predicted octanol–water partition coefficient (Wildman–Crippen LogP) is -2.65. The molecule has 128 valence electrons. The van der Waals surface area contributed by atoms with E-state index in [1.165, 1.54) is 0 Å². The van der Waals surface area contributed by atoms with Gasteiger partial charge in [-0.25, -0.2) is 0 Å². The van der Waals surface area contributed by atoms with Gasteiger partial charge in [0.05, 0.1) is 0 Å². The van der Waals surface area contributed by atoms with Gasteiger partial charge in [-0.2, -0.15) is 8.42 Å². The Morgan fingerprint density at radius 3 is 2.36 bits per heavy atom. The van der Waals surface area contributed by atoms with Crippen molar-refractivity contribution in [3.63, 3.8) is 0 Å². The summed E-state index contributed by atoms with van der Waals surface area (Å²) >= 11 is 0. The van der Waals surface area contributed by atoms with Crippen LogP contribution in [0.15, 0.2) is 17.7 Å². The van der Waals surface area contributed by atoms with Crippen LogP contribution in [0.1, 0.15) is 35.7 Å². The number of carbonyl (C=O) groups is 3. The van der Waals surface area contributed by atoms with Crippen molar-refractivity contribution in [2.45, 2.75) is 19.8 Å². The van der Waals surface area contributed by atoms with E-state index in [4.69, 9.17) is 4.55 Å². The number of benzene rings is 1. The summed E-state index contributed by atoms with van der Waals surface area (Å²) in [6, 6.07) is 1.30. The first-order valence-corrected chi connectivity index (χ1v) is 8.01. The Kier molecular flexibility index (Phi) is 6.54. The Morgan fingerprint density at radius 1 is 1.24 bits per heavy atom. The summed E-state index contributed by atoms with van der Waals surface area (Å²) < 4.78 is 34.0. The van der Waals surface area contributed by atoms with Gasteiger partial charge in [0.1, 0.15) is 17.1 Å². The van der Waals surface area contributed by atoms with Gasteiger partial charge in [-0.05, 0) is 18.6 Å². The molecular weight excluding hydrogens is 367 g/mol. The van der Waals surface area contributed by atoms with Crippen molar-refractivity contribution in [2.24, 2.45) is 0 Å². The molecule has 0 atom stereocenters. The summed E-state index contributed by atoms with van der Waals surface area (Å²) in [4.78, 5) is 36.0. The standard InChI is InChI=1S/C14H12O9S.Na/c1-2-3-8(15)11-13(18)10-7(12(17)14(11)19)4-6(5-9(10)16)23-24(20,21)22;/h4-5,16,18H,2-3H2,1H3,(H,20,21,22);/q;+1/p-1. The van der Waals surface area contributed by atoms with Gasteiger partial charge in [0.2, 0.25) is 11.6 Å². The van der Waals surface area contributed by atoms with E-state index >= 15 is 0 Å². The zero-order chi connectivity index (χ0) is 18.2. The zero-order valence-corrected chi connectivity index (χ0v) is 16.0. The van der Waals surface area contributed by atoms with Crippen LogP contribution >= 0.6 is 0 Å². The Balaban J connectivity index is 0.00000312. The van der Waals surface area contributed by atoms with E-state index in [1.807, 2.05) is 0 Å². The Hall–Kier alpha value is -1.72. The largest absolute Gasteiger partial charge is 1.00 e. The number of rotatable bonds is 5. The molecule has 0 radical (unpaired) electrons. The molecule has 0 aromatic heterocycles. The quantitative estimate of drug-likeness (QED) is 0.241. The van der Waals surface area contributed by atoms with Crippen LogP contribution in [0, 0.1) is 0 Å². The third-order valence-corrected chi connectivity index (χ3v) is 3.59. The van der Waals surface area contributed by atoms with E-state index in [1.54, 1.807) is 6.92 Å². The number of carbonyl (C=O) groups excluding carboxylic acids is 3. The molecule has 0 unspecified atom stereocenters. The molecule has 0 fully saturated rings. The smallest absolute Gasteiger partial charge is 0.872 e. The average molecular weight is 378 g/mol. The Morgan fingerprint density at radius 2 is 1.84 bits per heavy atom. The number of aliphatic hydroxyl groups is 1. The van der Waals surface area contributed by atoms with Crippen LogP contribution in [0.4, 0.5) is 0 Å². The minimum absolute atomic E-state index is 0. The van der Waals surface area contributed by atoms with Gasteiger partial charge >= 0.3 is 40.0 Å². The van der Waals surface area contributed by atoms with E-state index in [-0.39, 0.29) is 36.0 Å². The number of hydrogen-bond donors (Lipinski definition) is 2. The fourth-order valence-corrected chi connectivity index (χ4v) is 2.60. The predicted molar refractivity (Wildman–Crippen MR) is 76.9 cm³/mol. The molecule has 25 heavy (non-hydrogen) atoms. The number of Topliss-reactive ketones (excluding diaryl/α,β-unsaturated/α-hetero) is 3. The molecule has 9 nitrogen and oxygen atoms in total. The van der Waals surface area contributed by atoms with E-state index in [9.17, 15) is 33.0 Å². The molecule has 2 rings (SSSR count). The van der Waals surface area contributed by atoms with Crippen LogP contribution in [-0.2, 0) is 20.0 Å². The molecule has 0 saturated carbocycles. The third-order valence-electron chi connectivity index (χ3n) is 3.18. The van der Waals surface area contributed by atoms with Gasteiger partial charge in [-0.15, -0.1) is 0 Å². The van der Waals surface area contributed by atoms with Crippen molar-refractivity contribution in [3.8, 4) is 11.5 Å². The zero-order valence-electron chi connectivity index (χ0n) is 13.2. The summed E-state index contributed by atoms with van der Waals surface area (Å²) in [7, 11) is -4.96. The molecule has 0 spiro atoms. The monoisotopic (exact) mass is 378 g/mol. The molecule has 1 aliphatic rings. The number of aliphatic hydroxyl groups excluding tert-OH is 1. The summed E-state index contributed by atoms with van der Waals surface area (Å²) in [6.07, 6.45) is 0.251. The van der Waals surface area contributed by atoms with Gasteiger partial charge in [-0.3, -0.25) is 18.9 Å². The van der Waals surface area contributed by atoms with Gasteiger partial charge < -0.3 is 14.4 Å².